The lowest BCUT2D eigenvalue weighted by atomic mass is 9.84. The van der Waals surface area contributed by atoms with Gasteiger partial charge >= 0.3 is 12.1 Å². The number of nitrogens with two attached hydrogens (primary N) is 1. The van der Waals surface area contributed by atoms with Crippen molar-refractivity contribution in [3.8, 4) is 28.0 Å². The molecule has 2 heterocycles. The van der Waals surface area contributed by atoms with Crippen LogP contribution in [0.15, 0.2) is 53.5 Å². The monoisotopic (exact) mass is 544 g/mol. The maximum Gasteiger partial charge on any atom is 0.416 e. The number of carbonyl (C=O) groups is 1. The highest BCUT2D eigenvalue weighted by atomic mass is 19.4. The summed E-state index contributed by atoms with van der Waals surface area (Å²) in [6.45, 7) is 7.62. The molecule has 2 N–H and O–H groups in total. The van der Waals surface area contributed by atoms with Crippen molar-refractivity contribution in [3.63, 3.8) is 0 Å². The summed E-state index contributed by atoms with van der Waals surface area (Å²) in [4.78, 5) is 30.1. The number of ether oxygens (including phenoxy) is 2. The molecule has 0 fully saturated rings. The summed E-state index contributed by atoms with van der Waals surface area (Å²) in [5.41, 5.74) is -0.844. The predicted molar refractivity (Wildman–Crippen MR) is 140 cm³/mol. The van der Waals surface area contributed by atoms with Gasteiger partial charge in [-0.05, 0) is 92.6 Å². The number of benzene rings is 2. The van der Waals surface area contributed by atoms with Crippen LogP contribution in [0.3, 0.4) is 0 Å². The van der Waals surface area contributed by atoms with E-state index in [9.17, 15) is 22.8 Å². The minimum Gasteiger partial charge on any atom is -0.493 e. The molecule has 1 aliphatic rings. The first kappa shape index (κ1) is 28.4. The Hall–Kier alpha value is -3.63. The molecule has 1 unspecified atom stereocenters. The van der Waals surface area contributed by atoms with Gasteiger partial charge in [0.1, 0.15) is 5.75 Å². The Bertz CT molecular complexity index is 1440. The van der Waals surface area contributed by atoms with Gasteiger partial charge in [-0.25, -0.2) is 4.79 Å². The van der Waals surface area contributed by atoms with Crippen molar-refractivity contribution < 1.29 is 32.3 Å². The van der Waals surface area contributed by atoms with Crippen molar-refractivity contribution in [1.29, 1.82) is 0 Å². The number of fused-ring (bicyclic) bond motifs is 1. The van der Waals surface area contributed by atoms with Crippen LogP contribution in [0.2, 0.25) is 0 Å². The van der Waals surface area contributed by atoms with Gasteiger partial charge in [0.15, 0.2) is 6.10 Å². The molecule has 7 nitrogen and oxygen atoms in total. The molecule has 10 heteroatoms. The zero-order valence-corrected chi connectivity index (χ0v) is 22.2. The summed E-state index contributed by atoms with van der Waals surface area (Å²) >= 11 is 0. The third-order valence-corrected chi connectivity index (χ3v) is 6.46. The quantitative estimate of drug-likeness (QED) is 0.393. The molecule has 4 rings (SSSR count). The van der Waals surface area contributed by atoms with E-state index in [2.05, 4.69) is 4.84 Å². The summed E-state index contributed by atoms with van der Waals surface area (Å²) in [6, 6.07) is 10.3. The van der Waals surface area contributed by atoms with Gasteiger partial charge in [0.2, 0.25) is 0 Å². The molecule has 0 spiro atoms. The molecule has 0 saturated heterocycles. The highest BCUT2D eigenvalue weighted by Gasteiger charge is 2.42. The molecule has 0 amide bonds. The average Bonchev–Trinajstić information content (AvgIpc) is 2.89. The molecule has 1 aromatic heterocycles. The predicted octanol–water partition coefficient (Wildman–Crippen LogP) is 5.82. The summed E-state index contributed by atoms with van der Waals surface area (Å²) in [6.07, 6.45) is -3.66. The van der Waals surface area contributed by atoms with E-state index < -0.39 is 35.0 Å². The minimum atomic E-state index is -4.85. The van der Waals surface area contributed by atoms with Crippen LogP contribution in [0.1, 0.15) is 56.9 Å². The number of alkyl halides is 3. The van der Waals surface area contributed by atoms with E-state index in [1.807, 2.05) is 6.92 Å². The first-order valence-electron chi connectivity index (χ1n) is 12.6. The molecule has 3 aromatic rings. The number of pyridine rings is 1. The summed E-state index contributed by atoms with van der Waals surface area (Å²) < 4.78 is 56.8. The Morgan fingerprint density at radius 1 is 1.10 bits per heavy atom. The molecule has 1 aliphatic heterocycles. The van der Waals surface area contributed by atoms with E-state index in [0.717, 1.165) is 18.1 Å². The first-order valence-corrected chi connectivity index (χ1v) is 12.6. The SMILES string of the molecule is CCn1ccc(-c2ccc(C(F)(F)F)c(C(OC(C)(C)C)C(=O)ON)c2-c2ccc3c(c2)CCCO3)cc1=O. The molecule has 0 bridgehead atoms. The van der Waals surface area contributed by atoms with E-state index in [-0.39, 0.29) is 11.1 Å². The molecule has 0 saturated carbocycles. The van der Waals surface area contributed by atoms with E-state index in [1.165, 1.54) is 16.7 Å². The van der Waals surface area contributed by atoms with Gasteiger partial charge in [-0.1, -0.05) is 12.1 Å². The number of rotatable bonds is 6. The van der Waals surface area contributed by atoms with Crippen molar-refractivity contribution in [3.05, 3.63) is 75.7 Å². The Morgan fingerprint density at radius 3 is 2.46 bits per heavy atom. The van der Waals surface area contributed by atoms with Gasteiger partial charge in [0.25, 0.3) is 5.56 Å². The normalized spacial score (nSPS) is 14.4. The smallest absolute Gasteiger partial charge is 0.416 e. The van der Waals surface area contributed by atoms with E-state index >= 15 is 0 Å². The van der Waals surface area contributed by atoms with E-state index in [1.54, 1.807) is 51.2 Å². The zero-order chi connectivity index (χ0) is 28.5. The number of aryl methyl sites for hydroxylation is 2. The van der Waals surface area contributed by atoms with Crippen LogP contribution >= 0.6 is 0 Å². The molecule has 39 heavy (non-hydrogen) atoms. The van der Waals surface area contributed by atoms with Crippen LogP contribution in [0.5, 0.6) is 5.75 Å². The van der Waals surface area contributed by atoms with Crippen molar-refractivity contribution in [2.75, 3.05) is 6.61 Å². The van der Waals surface area contributed by atoms with Crippen LogP contribution in [0.25, 0.3) is 22.3 Å². The number of carbonyl (C=O) groups excluding carboxylic acids is 1. The third-order valence-electron chi connectivity index (χ3n) is 6.46. The molecular formula is C29H31F3N2O5. The molecule has 2 aromatic carbocycles. The summed E-state index contributed by atoms with van der Waals surface area (Å²) in [5.74, 6) is 4.66. The second-order valence-electron chi connectivity index (χ2n) is 10.3. The fraction of sp³-hybridized carbons (Fsp3) is 0.379. The Labute approximate surface area is 224 Å². The van der Waals surface area contributed by atoms with Crippen LogP contribution in [-0.2, 0) is 33.5 Å². The molecular weight excluding hydrogens is 513 g/mol. The van der Waals surface area contributed by atoms with Crippen LogP contribution < -0.4 is 16.2 Å². The molecule has 0 radical (unpaired) electrons. The average molecular weight is 545 g/mol. The zero-order valence-electron chi connectivity index (χ0n) is 22.2. The number of hydrogen-bond donors (Lipinski definition) is 1. The van der Waals surface area contributed by atoms with Crippen molar-refractivity contribution in [1.82, 2.24) is 4.57 Å². The highest BCUT2D eigenvalue weighted by Crippen LogP contribution is 2.47. The number of hydrogen-bond acceptors (Lipinski definition) is 6. The fourth-order valence-corrected chi connectivity index (χ4v) is 4.78. The van der Waals surface area contributed by atoms with Crippen molar-refractivity contribution in [2.24, 2.45) is 5.90 Å². The molecule has 208 valence electrons. The molecule has 0 aliphatic carbocycles. The fourth-order valence-electron chi connectivity index (χ4n) is 4.78. The first-order chi connectivity index (χ1) is 18.3. The largest absolute Gasteiger partial charge is 0.493 e. The highest BCUT2D eigenvalue weighted by molar-refractivity contribution is 5.91. The van der Waals surface area contributed by atoms with Gasteiger partial charge in [-0.3, -0.25) is 4.79 Å². The lowest BCUT2D eigenvalue weighted by Crippen LogP contribution is -2.32. The lowest BCUT2D eigenvalue weighted by molar-refractivity contribution is -0.169. The van der Waals surface area contributed by atoms with Gasteiger partial charge in [0.05, 0.1) is 17.8 Å². The number of aromatic nitrogens is 1. The second-order valence-corrected chi connectivity index (χ2v) is 10.3. The maximum atomic E-state index is 14.6. The minimum absolute atomic E-state index is 0.0893. The topological polar surface area (TPSA) is 92.8 Å². The standard InChI is InChI=1S/C29H31F3N2O5/c1-5-34-13-12-17(16-23(34)35)20-9-10-21(29(30,31)32)25(26(27(36)39-33)38-28(2,3)4)24(20)19-8-11-22-18(15-19)7-6-14-37-22/h8-13,15-16,26H,5-7,14,33H2,1-4H3. The van der Waals surface area contributed by atoms with Gasteiger partial charge in [0, 0.05) is 24.4 Å². The van der Waals surface area contributed by atoms with Crippen LogP contribution in [0.4, 0.5) is 13.2 Å². The summed E-state index contributed by atoms with van der Waals surface area (Å²) in [5, 5.41) is 0. The Kier molecular flexibility index (Phi) is 7.90. The lowest BCUT2D eigenvalue weighted by Gasteiger charge is -2.30. The maximum absolute atomic E-state index is 14.6. The summed E-state index contributed by atoms with van der Waals surface area (Å²) in [7, 11) is 0. The van der Waals surface area contributed by atoms with Crippen molar-refractivity contribution >= 4 is 5.97 Å². The van der Waals surface area contributed by atoms with Crippen LogP contribution in [0, 0.1) is 0 Å². The third kappa shape index (κ3) is 6.02. The number of nitrogens with zero attached hydrogens (tertiary/aromatic N) is 1. The van der Waals surface area contributed by atoms with Gasteiger partial charge < -0.3 is 18.9 Å². The number of halogens is 3. The Morgan fingerprint density at radius 2 is 1.85 bits per heavy atom. The van der Waals surface area contributed by atoms with E-state index in [4.69, 9.17) is 15.4 Å². The van der Waals surface area contributed by atoms with E-state index in [0.29, 0.717) is 42.0 Å². The molecule has 1 atom stereocenters. The second kappa shape index (κ2) is 10.9. The van der Waals surface area contributed by atoms with Gasteiger partial charge in [-0.2, -0.15) is 19.1 Å². The van der Waals surface area contributed by atoms with Crippen molar-refractivity contribution in [2.45, 2.75) is 65.0 Å². The Balaban J connectivity index is 2.13. The van der Waals surface area contributed by atoms with Gasteiger partial charge in [-0.15, -0.1) is 0 Å². The van der Waals surface area contributed by atoms with Crippen LogP contribution in [-0.4, -0.2) is 22.7 Å².